The molecule has 0 saturated carbocycles. The van der Waals surface area contributed by atoms with Crippen LogP contribution in [0, 0.1) is 24.4 Å². The van der Waals surface area contributed by atoms with Gasteiger partial charge in [-0.15, -0.1) is 15.3 Å². The normalized spacial score (nSPS) is 23.9. The molecule has 0 amide bonds. The van der Waals surface area contributed by atoms with E-state index in [1.165, 1.54) is 6.20 Å². The van der Waals surface area contributed by atoms with Crippen LogP contribution in [0.25, 0.3) is 16.9 Å². The van der Waals surface area contributed by atoms with Crippen molar-refractivity contribution in [3.05, 3.63) is 76.7 Å². The zero-order valence-electron chi connectivity index (χ0n) is 19.1. The minimum atomic E-state index is -1.63. The van der Waals surface area contributed by atoms with Gasteiger partial charge >= 0.3 is 0 Å². The second-order valence-corrected chi connectivity index (χ2v) is 8.94. The van der Waals surface area contributed by atoms with Crippen LogP contribution in [0.15, 0.2) is 42.6 Å². The minimum absolute atomic E-state index is 0.0428. The van der Waals surface area contributed by atoms with Crippen molar-refractivity contribution in [1.29, 1.82) is 0 Å². The molecule has 0 spiro atoms. The lowest BCUT2D eigenvalue weighted by atomic mass is 9.92. The fraction of sp³-hybridized carbons (Fsp3) is 0.304. The summed E-state index contributed by atoms with van der Waals surface area (Å²) in [6.07, 6.45) is -4.09. The molecule has 5 atom stereocenters. The molecular weight excluding hydrogens is 517 g/mol. The molecule has 2 aromatic carbocycles. The van der Waals surface area contributed by atoms with Crippen LogP contribution in [-0.2, 0) is 4.74 Å². The average molecular weight is 537 g/mol. The van der Waals surface area contributed by atoms with Gasteiger partial charge < -0.3 is 20.1 Å². The van der Waals surface area contributed by atoms with Gasteiger partial charge in [0.05, 0.1) is 18.5 Å². The number of rotatable bonds is 5. The predicted molar refractivity (Wildman–Crippen MR) is 122 cm³/mol. The third kappa shape index (κ3) is 4.49. The highest BCUT2D eigenvalue weighted by atomic mass is 35.5. The summed E-state index contributed by atoms with van der Waals surface area (Å²) in [6.45, 7) is 1.08. The van der Waals surface area contributed by atoms with Gasteiger partial charge in [0.1, 0.15) is 42.0 Å². The Kier molecular flexibility index (Phi) is 6.72. The van der Waals surface area contributed by atoms with Crippen LogP contribution in [0.4, 0.5) is 13.2 Å². The number of aromatic nitrogens is 6. The number of hydrogen-bond acceptors (Lipinski definition) is 8. The standard InChI is InChI=1S/C23H20ClF3N6O4/c1-10-28-30-23(33(10)13-4-2-3-12(24)7-13)22-21(36)19(20(35)17(9-34)37-22)32-8-16(29-31-32)11-5-14(25)18(27)15(26)6-11/h2-8,17,19-22,34-36H,9H2,1H3/t17-,19+,20+,21-,22-/m1/s1. The molecule has 14 heteroatoms. The molecule has 10 nitrogen and oxygen atoms in total. The monoisotopic (exact) mass is 536 g/mol. The fourth-order valence-corrected chi connectivity index (χ4v) is 4.57. The summed E-state index contributed by atoms with van der Waals surface area (Å²) < 4.78 is 49.4. The molecule has 37 heavy (non-hydrogen) atoms. The Balaban J connectivity index is 1.54. The molecule has 0 aliphatic carbocycles. The lowest BCUT2D eigenvalue weighted by Gasteiger charge is -2.41. The van der Waals surface area contributed by atoms with E-state index < -0.39 is 54.5 Å². The largest absolute Gasteiger partial charge is 0.394 e. The highest BCUT2D eigenvalue weighted by Gasteiger charge is 2.48. The van der Waals surface area contributed by atoms with Gasteiger partial charge in [0.15, 0.2) is 23.3 Å². The lowest BCUT2D eigenvalue weighted by molar-refractivity contribution is -0.210. The Morgan fingerprint density at radius 2 is 1.76 bits per heavy atom. The fourth-order valence-electron chi connectivity index (χ4n) is 4.38. The van der Waals surface area contributed by atoms with Crippen molar-refractivity contribution in [3.8, 4) is 16.9 Å². The van der Waals surface area contributed by atoms with Crippen molar-refractivity contribution in [3.63, 3.8) is 0 Å². The Morgan fingerprint density at radius 3 is 2.43 bits per heavy atom. The molecule has 3 N–H and O–H groups in total. The van der Waals surface area contributed by atoms with E-state index in [0.29, 0.717) is 16.5 Å². The van der Waals surface area contributed by atoms with Gasteiger partial charge in [0.2, 0.25) is 0 Å². The minimum Gasteiger partial charge on any atom is -0.394 e. The number of nitrogens with zero attached hydrogens (tertiary/aromatic N) is 6. The van der Waals surface area contributed by atoms with Gasteiger partial charge in [0, 0.05) is 10.6 Å². The molecule has 2 aromatic heterocycles. The first-order chi connectivity index (χ1) is 17.7. The van der Waals surface area contributed by atoms with Crippen LogP contribution in [0.1, 0.15) is 23.8 Å². The molecule has 0 radical (unpaired) electrons. The van der Waals surface area contributed by atoms with Gasteiger partial charge in [-0.2, -0.15) is 0 Å². The summed E-state index contributed by atoms with van der Waals surface area (Å²) in [5, 5.41) is 48.5. The summed E-state index contributed by atoms with van der Waals surface area (Å²) in [4.78, 5) is 0. The van der Waals surface area contributed by atoms with Gasteiger partial charge in [-0.25, -0.2) is 17.9 Å². The third-order valence-corrected chi connectivity index (χ3v) is 6.39. The Morgan fingerprint density at radius 1 is 1.03 bits per heavy atom. The van der Waals surface area contributed by atoms with Gasteiger partial charge in [-0.05, 0) is 37.3 Å². The van der Waals surface area contributed by atoms with E-state index in [2.05, 4.69) is 20.5 Å². The smallest absolute Gasteiger partial charge is 0.194 e. The van der Waals surface area contributed by atoms with Crippen LogP contribution in [-0.4, -0.2) is 70.0 Å². The van der Waals surface area contributed by atoms with E-state index in [4.69, 9.17) is 16.3 Å². The first kappa shape index (κ1) is 25.3. The summed E-state index contributed by atoms with van der Waals surface area (Å²) in [5.74, 6) is -3.82. The number of hydrogen-bond donors (Lipinski definition) is 3. The number of aryl methyl sites for hydroxylation is 1. The Labute approximate surface area is 212 Å². The van der Waals surface area contributed by atoms with E-state index in [1.807, 2.05) is 0 Å². The number of halogens is 4. The molecule has 5 rings (SSSR count). The quantitative estimate of drug-likeness (QED) is 0.331. The molecule has 1 fully saturated rings. The Bertz CT molecular complexity index is 1430. The molecule has 1 aliphatic heterocycles. The first-order valence-corrected chi connectivity index (χ1v) is 11.4. The lowest BCUT2D eigenvalue weighted by Crippen LogP contribution is -2.53. The molecule has 0 unspecified atom stereocenters. The van der Waals surface area contributed by atoms with Crippen molar-refractivity contribution in [2.75, 3.05) is 6.61 Å². The molecule has 0 bridgehead atoms. The maximum atomic E-state index is 13.7. The average Bonchev–Trinajstić information content (AvgIpc) is 3.50. The number of aliphatic hydroxyl groups excluding tert-OH is 3. The van der Waals surface area contributed by atoms with Gasteiger partial charge in [-0.3, -0.25) is 4.57 Å². The Hall–Kier alpha value is -3.36. The van der Waals surface area contributed by atoms with Crippen LogP contribution >= 0.6 is 11.6 Å². The molecular formula is C23H20ClF3N6O4. The summed E-state index contributed by atoms with van der Waals surface area (Å²) in [5.41, 5.74) is 0.441. The van der Waals surface area contributed by atoms with Crippen LogP contribution < -0.4 is 0 Å². The first-order valence-electron chi connectivity index (χ1n) is 11.1. The van der Waals surface area contributed by atoms with Crippen LogP contribution in [0.3, 0.4) is 0 Å². The maximum Gasteiger partial charge on any atom is 0.194 e. The van der Waals surface area contributed by atoms with E-state index in [1.54, 1.807) is 35.8 Å². The maximum absolute atomic E-state index is 13.7. The van der Waals surface area contributed by atoms with Crippen molar-refractivity contribution in [1.82, 2.24) is 29.8 Å². The van der Waals surface area contributed by atoms with E-state index in [-0.39, 0.29) is 17.1 Å². The predicted octanol–water partition coefficient (Wildman–Crippen LogP) is 2.30. The zero-order chi connectivity index (χ0) is 26.4. The number of aliphatic hydroxyl groups is 3. The second kappa shape index (κ2) is 9.84. The molecule has 1 aliphatic rings. The summed E-state index contributed by atoms with van der Waals surface area (Å²) in [7, 11) is 0. The van der Waals surface area contributed by atoms with Crippen molar-refractivity contribution >= 4 is 11.6 Å². The zero-order valence-corrected chi connectivity index (χ0v) is 19.8. The molecule has 194 valence electrons. The highest BCUT2D eigenvalue weighted by Crippen LogP contribution is 2.39. The van der Waals surface area contributed by atoms with Crippen molar-refractivity contribution in [2.24, 2.45) is 0 Å². The summed E-state index contributed by atoms with van der Waals surface area (Å²) in [6, 6.07) is 7.10. The van der Waals surface area contributed by atoms with Crippen molar-refractivity contribution < 1.29 is 33.2 Å². The molecule has 3 heterocycles. The molecule has 4 aromatic rings. The summed E-state index contributed by atoms with van der Waals surface area (Å²) >= 11 is 6.14. The second-order valence-electron chi connectivity index (χ2n) is 8.51. The van der Waals surface area contributed by atoms with Crippen LogP contribution in [0.5, 0.6) is 0 Å². The van der Waals surface area contributed by atoms with Gasteiger partial charge in [-0.1, -0.05) is 22.9 Å². The number of ether oxygens (including phenoxy) is 1. The SMILES string of the molecule is Cc1nnc([C@@H]2O[C@H](CO)[C@H](O)[C@H](n3cc(-c4cc(F)c(F)c(F)c4)nn3)[C@H]2O)n1-c1cccc(Cl)c1. The van der Waals surface area contributed by atoms with Crippen molar-refractivity contribution in [2.45, 2.75) is 37.4 Å². The van der Waals surface area contributed by atoms with Gasteiger partial charge in [0.25, 0.3) is 0 Å². The topological polar surface area (TPSA) is 131 Å². The van der Waals surface area contributed by atoms with Crippen LogP contribution in [0.2, 0.25) is 5.02 Å². The van der Waals surface area contributed by atoms with E-state index in [0.717, 1.165) is 16.8 Å². The van der Waals surface area contributed by atoms with E-state index >= 15 is 0 Å². The third-order valence-electron chi connectivity index (χ3n) is 6.16. The highest BCUT2D eigenvalue weighted by molar-refractivity contribution is 6.30. The molecule has 1 saturated heterocycles. The van der Waals surface area contributed by atoms with E-state index in [9.17, 15) is 28.5 Å². The number of benzene rings is 2.